The van der Waals surface area contributed by atoms with Gasteiger partial charge in [0.25, 0.3) is 0 Å². The summed E-state index contributed by atoms with van der Waals surface area (Å²) < 4.78 is 10.5. The SMILES string of the molecule is C=C(CC12CC(C3CCCC31)C1C3CCC(C3)C12CC(=C)C(=O)OCCO)C(=O)OCCO. The Morgan fingerprint density at radius 1 is 0.879 bits per heavy atom. The number of carbonyl (C=O) groups excluding carboxylic acids is 2. The molecule has 182 valence electrons. The molecule has 0 aromatic rings. The van der Waals surface area contributed by atoms with Crippen LogP contribution in [0.4, 0.5) is 0 Å². The number of aliphatic hydroxyl groups excluding tert-OH is 2. The van der Waals surface area contributed by atoms with Crippen molar-refractivity contribution in [3.63, 3.8) is 0 Å². The van der Waals surface area contributed by atoms with Crippen molar-refractivity contribution in [1.29, 1.82) is 0 Å². The third kappa shape index (κ3) is 3.19. The molecule has 0 saturated heterocycles. The van der Waals surface area contributed by atoms with Crippen molar-refractivity contribution in [2.24, 2.45) is 46.3 Å². The van der Waals surface area contributed by atoms with E-state index in [-0.39, 0.29) is 37.3 Å². The molecule has 6 nitrogen and oxygen atoms in total. The molecule has 8 unspecified atom stereocenters. The molecular formula is C27H38O6. The van der Waals surface area contributed by atoms with E-state index in [0.717, 1.165) is 12.3 Å². The number of fused-ring (bicyclic) bond motifs is 12. The molecule has 0 heterocycles. The first-order chi connectivity index (χ1) is 15.9. The maximum atomic E-state index is 12.7. The van der Waals surface area contributed by atoms with Gasteiger partial charge in [0.15, 0.2) is 0 Å². The normalized spacial score (nSPS) is 41.6. The molecule has 2 N–H and O–H groups in total. The molecule has 0 aromatic carbocycles. The van der Waals surface area contributed by atoms with Crippen LogP contribution < -0.4 is 0 Å². The van der Waals surface area contributed by atoms with E-state index < -0.39 is 11.9 Å². The number of hydrogen-bond acceptors (Lipinski definition) is 6. The Bertz CT molecular complexity index is 850. The highest BCUT2D eigenvalue weighted by molar-refractivity contribution is 5.88. The van der Waals surface area contributed by atoms with E-state index in [1.807, 2.05) is 0 Å². The van der Waals surface area contributed by atoms with Gasteiger partial charge in [0.1, 0.15) is 13.2 Å². The fourth-order valence-corrected chi connectivity index (χ4v) is 9.98. The van der Waals surface area contributed by atoms with E-state index in [1.54, 1.807) is 0 Å². The number of hydrogen-bond donors (Lipinski definition) is 2. The molecule has 4 bridgehead atoms. The van der Waals surface area contributed by atoms with Gasteiger partial charge in [0.05, 0.1) is 13.2 Å². The summed E-state index contributed by atoms with van der Waals surface area (Å²) in [6, 6.07) is 0. The Hall–Kier alpha value is -1.66. The second kappa shape index (κ2) is 8.53. The van der Waals surface area contributed by atoms with Gasteiger partial charge < -0.3 is 19.7 Å². The van der Waals surface area contributed by atoms with Crippen LogP contribution in [-0.2, 0) is 19.1 Å². The van der Waals surface area contributed by atoms with Gasteiger partial charge in [-0.1, -0.05) is 19.6 Å². The van der Waals surface area contributed by atoms with Crippen LogP contribution in [0.2, 0.25) is 0 Å². The van der Waals surface area contributed by atoms with Gasteiger partial charge in [-0.3, -0.25) is 0 Å². The van der Waals surface area contributed by atoms with Crippen molar-refractivity contribution in [3.8, 4) is 0 Å². The lowest BCUT2D eigenvalue weighted by Crippen LogP contribution is -2.54. The molecule has 5 aliphatic carbocycles. The first kappa shape index (κ1) is 23.1. The number of carbonyl (C=O) groups is 2. The Kier molecular flexibility index (Phi) is 5.97. The molecule has 5 aliphatic rings. The predicted molar refractivity (Wildman–Crippen MR) is 122 cm³/mol. The van der Waals surface area contributed by atoms with Crippen molar-refractivity contribution in [1.82, 2.24) is 0 Å². The molecule has 5 saturated carbocycles. The summed E-state index contributed by atoms with van der Waals surface area (Å²) in [6.07, 6.45) is 9.76. The summed E-state index contributed by atoms with van der Waals surface area (Å²) >= 11 is 0. The number of esters is 2. The highest BCUT2D eigenvalue weighted by Crippen LogP contribution is 2.85. The average molecular weight is 459 g/mol. The summed E-state index contributed by atoms with van der Waals surface area (Å²) in [5.41, 5.74) is 0.919. The van der Waals surface area contributed by atoms with Crippen LogP contribution in [0, 0.1) is 46.3 Å². The quantitative estimate of drug-likeness (QED) is 0.296. The van der Waals surface area contributed by atoms with Gasteiger partial charge in [0.2, 0.25) is 0 Å². The van der Waals surface area contributed by atoms with E-state index in [4.69, 9.17) is 19.7 Å². The van der Waals surface area contributed by atoms with Gasteiger partial charge in [0, 0.05) is 11.1 Å². The third-order valence-electron chi connectivity index (χ3n) is 10.4. The van der Waals surface area contributed by atoms with E-state index in [2.05, 4.69) is 13.2 Å². The minimum atomic E-state index is -0.403. The smallest absolute Gasteiger partial charge is 0.333 e. The lowest BCUT2D eigenvalue weighted by atomic mass is 9.45. The van der Waals surface area contributed by atoms with E-state index in [9.17, 15) is 9.59 Å². The van der Waals surface area contributed by atoms with E-state index >= 15 is 0 Å². The van der Waals surface area contributed by atoms with Gasteiger partial charge in [-0.25, -0.2) is 9.59 Å². The molecule has 5 fully saturated rings. The Morgan fingerprint density at radius 2 is 1.55 bits per heavy atom. The lowest BCUT2D eigenvalue weighted by Gasteiger charge is -2.58. The van der Waals surface area contributed by atoms with Gasteiger partial charge >= 0.3 is 11.9 Å². The summed E-state index contributed by atoms with van der Waals surface area (Å²) in [5, 5.41) is 18.2. The maximum absolute atomic E-state index is 12.7. The first-order valence-corrected chi connectivity index (χ1v) is 12.8. The van der Waals surface area contributed by atoms with Crippen molar-refractivity contribution < 1.29 is 29.3 Å². The van der Waals surface area contributed by atoms with Crippen LogP contribution in [0.1, 0.15) is 57.8 Å². The minimum absolute atomic E-state index is 0.00763. The number of ether oxygens (including phenoxy) is 2. The van der Waals surface area contributed by atoms with Gasteiger partial charge in [-0.15, -0.1) is 0 Å². The van der Waals surface area contributed by atoms with Crippen LogP contribution in [0.3, 0.4) is 0 Å². The first-order valence-electron chi connectivity index (χ1n) is 12.8. The van der Waals surface area contributed by atoms with Crippen molar-refractivity contribution in [2.45, 2.75) is 57.8 Å². The molecule has 8 atom stereocenters. The molecule has 0 spiro atoms. The second-order valence-electron chi connectivity index (χ2n) is 11.3. The van der Waals surface area contributed by atoms with Crippen LogP contribution in [0.5, 0.6) is 0 Å². The molecular weight excluding hydrogens is 420 g/mol. The molecule has 0 radical (unpaired) electrons. The van der Waals surface area contributed by atoms with Gasteiger partial charge in [-0.2, -0.15) is 0 Å². The van der Waals surface area contributed by atoms with E-state index in [1.165, 1.54) is 38.5 Å². The van der Waals surface area contributed by atoms with Crippen molar-refractivity contribution in [3.05, 3.63) is 24.3 Å². The zero-order valence-corrected chi connectivity index (χ0v) is 19.6. The predicted octanol–water partition coefficient (Wildman–Crippen LogP) is 3.42. The second-order valence-corrected chi connectivity index (χ2v) is 11.3. The minimum Gasteiger partial charge on any atom is -0.460 e. The van der Waals surface area contributed by atoms with Crippen molar-refractivity contribution >= 4 is 11.9 Å². The highest BCUT2D eigenvalue weighted by Gasteiger charge is 2.79. The molecule has 33 heavy (non-hydrogen) atoms. The maximum Gasteiger partial charge on any atom is 0.333 e. The topological polar surface area (TPSA) is 93.1 Å². The number of rotatable bonds is 10. The number of aliphatic hydroxyl groups is 2. The van der Waals surface area contributed by atoms with Crippen LogP contribution in [-0.4, -0.2) is 48.6 Å². The summed E-state index contributed by atoms with van der Waals surface area (Å²) in [6.45, 7) is 7.93. The van der Waals surface area contributed by atoms with Crippen LogP contribution >= 0.6 is 0 Å². The molecule has 0 aromatic heterocycles. The summed E-state index contributed by atoms with van der Waals surface area (Å²) in [7, 11) is 0. The Balaban J connectivity index is 1.51. The fraction of sp³-hybridized carbons (Fsp3) is 0.778. The zero-order chi connectivity index (χ0) is 23.4. The zero-order valence-electron chi connectivity index (χ0n) is 19.6. The lowest BCUT2D eigenvalue weighted by molar-refractivity contribution is -0.145. The summed E-state index contributed by atoms with van der Waals surface area (Å²) in [4.78, 5) is 25.4. The molecule has 5 rings (SSSR count). The standard InChI is InChI=1S/C27H38O6/c1-16(24(30)32-10-8-28)13-26-15-21(20-4-3-5-22(20)26)23-18-6-7-19(12-18)27(23,26)14-17(2)25(31)33-11-9-29/h18-23,28-29H,1-15H2. The van der Waals surface area contributed by atoms with Gasteiger partial charge in [-0.05, 0) is 97.7 Å². The van der Waals surface area contributed by atoms with Crippen LogP contribution in [0.15, 0.2) is 24.3 Å². The Labute approximate surface area is 196 Å². The fourth-order valence-electron chi connectivity index (χ4n) is 9.98. The van der Waals surface area contributed by atoms with Crippen LogP contribution in [0.25, 0.3) is 0 Å². The molecule has 0 amide bonds. The van der Waals surface area contributed by atoms with Crippen molar-refractivity contribution in [2.75, 3.05) is 26.4 Å². The summed E-state index contributed by atoms with van der Waals surface area (Å²) in [5.74, 6) is 2.97. The van der Waals surface area contributed by atoms with E-state index in [0.29, 0.717) is 53.6 Å². The average Bonchev–Trinajstić information content (AvgIpc) is 3.59. The largest absolute Gasteiger partial charge is 0.460 e. The monoisotopic (exact) mass is 458 g/mol. The highest BCUT2D eigenvalue weighted by atomic mass is 16.5. The Morgan fingerprint density at radius 3 is 2.21 bits per heavy atom. The third-order valence-corrected chi connectivity index (χ3v) is 10.4. The molecule has 6 heteroatoms. The molecule has 0 aliphatic heterocycles.